The van der Waals surface area contributed by atoms with Crippen LogP contribution in [0.4, 0.5) is 0 Å². The molecule has 27 heavy (non-hydrogen) atoms. The fourth-order valence-electron chi connectivity index (χ4n) is 2.86. The Bertz CT molecular complexity index is 924. The van der Waals surface area contributed by atoms with E-state index in [4.69, 9.17) is 14.2 Å². The number of hydrogen-bond donors (Lipinski definition) is 1. The molecule has 0 aliphatic rings. The molecule has 5 nitrogen and oxygen atoms in total. The monoisotopic (exact) mass is 363 g/mol. The van der Waals surface area contributed by atoms with Gasteiger partial charge in [-0.15, -0.1) is 0 Å². The molecule has 0 radical (unpaired) electrons. The predicted octanol–water partition coefficient (Wildman–Crippen LogP) is 4.71. The summed E-state index contributed by atoms with van der Waals surface area (Å²) in [6, 6.07) is 15.2. The van der Waals surface area contributed by atoms with E-state index >= 15 is 0 Å². The van der Waals surface area contributed by atoms with Gasteiger partial charge in [0.05, 0.1) is 14.2 Å². The van der Waals surface area contributed by atoms with Gasteiger partial charge in [0, 0.05) is 17.3 Å². The van der Waals surface area contributed by atoms with Gasteiger partial charge < -0.3 is 19.2 Å². The van der Waals surface area contributed by atoms with Gasteiger partial charge in [-0.3, -0.25) is 0 Å². The smallest absolute Gasteiger partial charge is 0.355 e. The van der Waals surface area contributed by atoms with Crippen LogP contribution >= 0.6 is 0 Å². The van der Waals surface area contributed by atoms with E-state index < -0.39 is 5.97 Å². The molecule has 5 heteroatoms. The van der Waals surface area contributed by atoms with Gasteiger partial charge in [-0.05, 0) is 35.4 Å². The van der Waals surface area contributed by atoms with E-state index in [0.717, 1.165) is 33.8 Å². The Morgan fingerprint density at radius 2 is 1.63 bits per heavy atom. The average Bonchev–Trinajstić information content (AvgIpc) is 3.17. The summed E-state index contributed by atoms with van der Waals surface area (Å²) in [5.41, 5.74) is 3.93. The highest BCUT2D eigenvalue weighted by molar-refractivity contribution is 6.01. The largest absolute Gasteiger partial charge is 0.497 e. The maximum absolute atomic E-state index is 12.3. The lowest BCUT2D eigenvalue weighted by atomic mass is 9.96. The van der Waals surface area contributed by atoms with E-state index in [1.165, 1.54) is 7.11 Å². The molecule has 0 saturated heterocycles. The van der Waals surface area contributed by atoms with E-state index in [9.17, 15) is 4.79 Å². The molecular weight excluding hydrogens is 342 g/mol. The summed E-state index contributed by atoms with van der Waals surface area (Å²) in [4.78, 5) is 15.3. The van der Waals surface area contributed by atoms with Crippen LogP contribution < -0.4 is 9.47 Å². The standard InChI is InChI=1S/C22H21NO4/c1-4-13-27-18-11-7-16(8-12-18)20-19(14-23-21(20)22(24)26-3)15-5-9-17(25-2)10-6-15/h4-12,14,23H,1,13H2,2-3H3. The molecule has 0 fully saturated rings. The molecule has 1 N–H and O–H groups in total. The molecule has 0 unspecified atom stereocenters. The molecule has 0 bridgehead atoms. The molecule has 0 spiro atoms. The minimum atomic E-state index is -0.420. The van der Waals surface area contributed by atoms with Crippen molar-refractivity contribution in [2.75, 3.05) is 20.8 Å². The molecule has 0 aliphatic heterocycles. The van der Waals surface area contributed by atoms with Crippen molar-refractivity contribution in [3.8, 4) is 33.8 Å². The summed E-state index contributed by atoms with van der Waals surface area (Å²) >= 11 is 0. The fourth-order valence-corrected chi connectivity index (χ4v) is 2.86. The Labute approximate surface area is 158 Å². The van der Waals surface area contributed by atoms with Crippen LogP contribution in [0.5, 0.6) is 11.5 Å². The van der Waals surface area contributed by atoms with Crippen LogP contribution in [-0.4, -0.2) is 31.8 Å². The molecule has 3 aromatic rings. The minimum absolute atomic E-state index is 0.406. The van der Waals surface area contributed by atoms with Crippen molar-refractivity contribution in [3.63, 3.8) is 0 Å². The van der Waals surface area contributed by atoms with Crippen molar-refractivity contribution in [2.45, 2.75) is 0 Å². The van der Waals surface area contributed by atoms with Gasteiger partial charge in [-0.1, -0.05) is 36.9 Å². The van der Waals surface area contributed by atoms with Crippen LogP contribution in [0.1, 0.15) is 10.5 Å². The van der Waals surface area contributed by atoms with Crippen molar-refractivity contribution < 1.29 is 19.0 Å². The molecule has 0 atom stereocenters. The average molecular weight is 363 g/mol. The van der Waals surface area contributed by atoms with Crippen molar-refractivity contribution >= 4 is 5.97 Å². The zero-order valence-electron chi connectivity index (χ0n) is 15.3. The van der Waals surface area contributed by atoms with E-state index in [-0.39, 0.29) is 0 Å². The number of hydrogen-bond acceptors (Lipinski definition) is 4. The van der Waals surface area contributed by atoms with Crippen molar-refractivity contribution in [1.29, 1.82) is 0 Å². The number of H-pyrrole nitrogens is 1. The van der Waals surface area contributed by atoms with Gasteiger partial charge in [0.1, 0.15) is 23.8 Å². The number of rotatable bonds is 7. The lowest BCUT2D eigenvalue weighted by Gasteiger charge is -2.09. The zero-order valence-corrected chi connectivity index (χ0v) is 15.3. The molecule has 1 heterocycles. The maximum atomic E-state index is 12.3. The molecule has 0 amide bonds. The Balaban J connectivity index is 2.06. The number of aromatic nitrogens is 1. The Morgan fingerprint density at radius 1 is 1.00 bits per heavy atom. The molecular formula is C22H21NO4. The lowest BCUT2D eigenvalue weighted by molar-refractivity contribution is 0.0595. The number of esters is 1. The molecule has 0 saturated carbocycles. The van der Waals surface area contributed by atoms with Gasteiger partial charge in [-0.2, -0.15) is 0 Å². The second kappa shape index (κ2) is 8.27. The van der Waals surface area contributed by atoms with Crippen molar-refractivity contribution in [3.05, 3.63) is 73.1 Å². The van der Waals surface area contributed by atoms with E-state index in [1.807, 2.05) is 54.7 Å². The summed E-state index contributed by atoms with van der Waals surface area (Å²) in [5, 5.41) is 0. The molecule has 3 rings (SSSR count). The first-order valence-electron chi connectivity index (χ1n) is 8.46. The van der Waals surface area contributed by atoms with E-state index in [2.05, 4.69) is 11.6 Å². The Morgan fingerprint density at radius 3 is 2.22 bits per heavy atom. The summed E-state index contributed by atoms with van der Waals surface area (Å²) < 4.78 is 15.7. The SMILES string of the molecule is C=CCOc1ccc(-c2c(-c3ccc(OC)cc3)c[nH]c2C(=O)OC)cc1. The minimum Gasteiger partial charge on any atom is -0.497 e. The highest BCUT2D eigenvalue weighted by atomic mass is 16.5. The summed E-state index contributed by atoms with van der Waals surface area (Å²) in [6.07, 6.45) is 3.50. The normalized spacial score (nSPS) is 10.3. The molecule has 138 valence electrons. The highest BCUT2D eigenvalue weighted by Gasteiger charge is 2.20. The number of benzene rings is 2. The van der Waals surface area contributed by atoms with Crippen LogP contribution in [0.25, 0.3) is 22.3 Å². The van der Waals surface area contributed by atoms with Crippen LogP contribution in [0.2, 0.25) is 0 Å². The first-order valence-corrected chi connectivity index (χ1v) is 8.46. The van der Waals surface area contributed by atoms with Gasteiger partial charge in [-0.25, -0.2) is 4.79 Å². The number of ether oxygens (including phenoxy) is 3. The predicted molar refractivity (Wildman–Crippen MR) is 105 cm³/mol. The summed E-state index contributed by atoms with van der Waals surface area (Å²) in [6.45, 7) is 4.08. The number of methoxy groups -OCH3 is 2. The van der Waals surface area contributed by atoms with E-state index in [1.54, 1.807) is 13.2 Å². The molecule has 1 aromatic heterocycles. The molecule has 2 aromatic carbocycles. The van der Waals surface area contributed by atoms with Crippen LogP contribution in [0.3, 0.4) is 0 Å². The zero-order chi connectivity index (χ0) is 19.2. The maximum Gasteiger partial charge on any atom is 0.355 e. The van der Waals surface area contributed by atoms with Crippen molar-refractivity contribution in [1.82, 2.24) is 4.98 Å². The third-order valence-corrected chi connectivity index (χ3v) is 4.18. The second-order valence-corrected chi connectivity index (χ2v) is 5.80. The fraction of sp³-hybridized carbons (Fsp3) is 0.136. The van der Waals surface area contributed by atoms with Crippen LogP contribution in [0.15, 0.2) is 67.4 Å². The highest BCUT2D eigenvalue weighted by Crippen LogP contribution is 2.36. The van der Waals surface area contributed by atoms with Gasteiger partial charge in [0.15, 0.2) is 0 Å². The Hall–Kier alpha value is -3.47. The first kappa shape index (κ1) is 18.3. The lowest BCUT2D eigenvalue weighted by Crippen LogP contribution is -2.03. The third kappa shape index (κ3) is 3.87. The van der Waals surface area contributed by atoms with Crippen LogP contribution in [0, 0.1) is 0 Å². The first-order chi connectivity index (χ1) is 13.2. The quantitative estimate of drug-likeness (QED) is 0.488. The molecule has 0 aliphatic carbocycles. The topological polar surface area (TPSA) is 60.5 Å². The van der Waals surface area contributed by atoms with Gasteiger partial charge in [0.25, 0.3) is 0 Å². The summed E-state index contributed by atoms with van der Waals surface area (Å²) in [5.74, 6) is 1.09. The van der Waals surface area contributed by atoms with Gasteiger partial charge in [0.2, 0.25) is 0 Å². The number of carbonyl (C=O) groups is 1. The number of carbonyl (C=O) groups excluding carboxylic acids is 1. The Kier molecular flexibility index (Phi) is 5.61. The summed E-state index contributed by atoms with van der Waals surface area (Å²) in [7, 11) is 2.99. The third-order valence-electron chi connectivity index (χ3n) is 4.18. The van der Waals surface area contributed by atoms with Gasteiger partial charge >= 0.3 is 5.97 Å². The van der Waals surface area contributed by atoms with E-state index in [0.29, 0.717) is 12.3 Å². The van der Waals surface area contributed by atoms with Crippen molar-refractivity contribution in [2.24, 2.45) is 0 Å². The number of aromatic amines is 1. The number of nitrogens with one attached hydrogen (secondary N) is 1. The second-order valence-electron chi connectivity index (χ2n) is 5.80. The van der Waals surface area contributed by atoms with Crippen LogP contribution in [-0.2, 0) is 4.74 Å².